The molecule has 3 heterocycles. The minimum Gasteiger partial charge on any atom is -0.497 e. The topological polar surface area (TPSA) is 77.5 Å². The Morgan fingerprint density at radius 2 is 2.04 bits per heavy atom. The number of fused-ring (bicyclic) bond motifs is 1. The Balaban J connectivity index is 1.49. The van der Waals surface area contributed by atoms with Crippen LogP contribution in [0.5, 0.6) is 5.75 Å². The highest BCUT2D eigenvalue weighted by Crippen LogP contribution is 2.22. The van der Waals surface area contributed by atoms with Crippen molar-refractivity contribution in [3.63, 3.8) is 0 Å². The van der Waals surface area contributed by atoms with Gasteiger partial charge in [-0.2, -0.15) is 4.98 Å². The molecule has 0 bridgehead atoms. The molecule has 0 atom stereocenters. The summed E-state index contributed by atoms with van der Waals surface area (Å²) in [5.74, 6) is 1.25. The van der Waals surface area contributed by atoms with Gasteiger partial charge in [0.25, 0.3) is 0 Å². The smallest absolute Gasteiger partial charge is 0.322 e. The van der Waals surface area contributed by atoms with Gasteiger partial charge in [-0.3, -0.25) is 0 Å². The number of aromatic nitrogens is 4. The number of nitrogens with one attached hydrogen (secondary N) is 1. The fourth-order valence-electron chi connectivity index (χ4n) is 2.62. The van der Waals surface area contributed by atoms with E-state index < -0.39 is 0 Å². The number of imidazole rings is 1. The highest BCUT2D eigenvalue weighted by atomic mass is 16.5. The average Bonchev–Trinajstić information content (AvgIpc) is 3.27. The van der Waals surface area contributed by atoms with Gasteiger partial charge in [-0.1, -0.05) is 23.4 Å². The number of hydrogen-bond acceptors (Lipinski definition) is 6. The van der Waals surface area contributed by atoms with E-state index in [1.807, 2.05) is 60.0 Å². The highest BCUT2D eigenvalue weighted by molar-refractivity contribution is 5.57. The maximum absolute atomic E-state index is 5.26. The van der Waals surface area contributed by atoms with Crippen LogP contribution in [-0.2, 0) is 6.54 Å². The molecular formula is C18H17N5O2. The third-order valence-corrected chi connectivity index (χ3v) is 3.92. The molecule has 126 valence electrons. The summed E-state index contributed by atoms with van der Waals surface area (Å²) in [6.45, 7) is 2.55. The largest absolute Gasteiger partial charge is 0.497 e. The molecule has 4 rings (SSSR count). The second kappa shape index (κ2) is 6.27. The van der Waals surface area contributed by atoms with E-state index >= 15 is 0 Å². The zero-order valence-corrected chi connectivity index (χ0v) is 13.9. The van der Waals surface area contributed by atoms with Crippen molar-refractivity contribution in [3.8, 4) is 17.1 Å². The molecule has 0 aliphatic carbocycles. The molecule has 0 unspecified atom stereocenters. The molecule has 25 heavy (non-hydrogen) atoms. The quantitative estimate of drug-likeness (QED) is 0.603. The molecule has 7 heteroatoms. The lowest BCUT2D eigenvalue weighted by atomic mass is 10.2. The summed E-state index contributed by atoms with van der Waals surface area (Å²) in [7, 11) is 1.62. The van der Waals surface area contributed by atoms with Crippen LogP contribution in [0.1, 0.15) is 11.4 Å². The Labute approximate surface area is 144 Å². The molecule has 0 radical (unpaired) electrons. The van der Waals surface area contributed by atoms with Crippen LogP contribution in [-0.4, -0.2) is 26.6 Å². The van der Waals surface area contributed by atoms with Gasteiger partial charge in [0.1, 0.15) is 11.4 Å². The SMILES string of the molecule is COc1cccc(-c2noc(NCc3cn4c(C)cccc4n3)n2)c1. The van der Waals surface area contributed by atoms with Crippen molar-refractivity contribution in [1.29, 1.82) is 0 Å². The van der Waals surface area contributed by atoms with E-state index in [4.69, 9.17) is 9.26 Å². The number of anilines is 1. The van der Waals surface area contributed by atoms with E-state index in [0.717, 1.165) is 28.3 Å². The van der Waals surface area contributed by atoms with Gasteiger partial charge in [0.05, 0.1) is 19.3 Å². The first-order valence-corrected chi connectivity index (χ1v) is 7.88. The van der Waals surface area contributed by atoms with Gasteiger partial charge in [0.15, 0.2) is 0 Å². The average molecular weight is 335 g/mol. The number of methoxy groups -OCH3 is 1. The number of nitrogens with zero attached hydrogens (tertiary/aromatic N) is 4. The first kappa shape index (κ1) is 15.2. The van der Waals surface area contributed by atoms with Crippen LogP contribution < -0.4 is 10.1 Å². The predicted molar refractivity (Wildman–Crippen MR) is 93.5 cm³/mol. The van der Waals surface area contributed by atoms with Crippen molar-refractivity contribution in [3.05, 3.63) is 60.0 Å². The molecule has 0 amide bonds. The van der Waals surface area contributed by atoms with Crippen molar-refractivity contribution in [1.82, 2.24) is 19.5 Å². The maximum Gasteiger partial charge on any atom is 0.322 e. The van der Waals surface area contributed by atoms with Crippen LogP contribution in [0.2, 0.25) is 0 Å². The van der Waals surface area contributed by atoms with E-state index in [0.29, 0.717) is 18.4 Å². The van der Waals surface area contributed by atoms with E-state index in [1.54, 1.807) is 7.11 Å². The number of rotatable bonds is 5. The molecule has 1 N–H and O–H groups in total. The van der Waals surface area contributed by atoms with Gasteiger partial charge in [0, 0.05) is 17.5 Å². The van der Waals surface area contributed by atoms with Gasteiger partial charge >= 0.3 is 6.01 Å². The van der Waals surface area contributed by atoms with Crippen LogP contribution >= 0.6 is 0 Å². The van der Waals surface area contributed by atoms with Crippen molar-refractivity contribution >= 4 is 11.7 Å². The second-order valence-corrected chi connectivity index (χ2v) is 5.64. The minimum atomic E-state index is 0.353. The van der Waals surface area contributed by atoms with Crippen LogP contribution in [0.15, 0.2) is 53.2 Å². The van der Waals surface area contributed by atoms with Crippen molar-refractivity contribution in [2.75, 3.05) is 12.4 Å². The van der Waals surface area contributed by atoms with E-state index in [-0.39, 0.29) is 0 Å². The third-order valence-electron chi connectivity index (χ3n) is 3.92. The molecule has 7 nitrogen and oxygen atoms in total. The van der Waals surface area contributed by atoms with Gasteiger partial charge in [-0.25, -0.2) is 4.98 Å². The zero-order valence-electron chi connectivity index (χ0n) is 13.9. The monoisotopic (exact) mass is 335 g/mol. The maximum atomic E-state index is 5.26. The van der Waals surface area contributed by atoms with Crippen molar-refractivity contribution < 1.29 is 9.26 Å². The predicted octanol–water partition coefficient (Wildman–Crippen LogP) is 3.31. The molecule has 4 aromatic rings. The van der Waals surface area contributed by atoms with Crippen LogP contribution in [0.25, 0.3) is 17.0 Å². The standard InChI is InChI=1S/C18H17N5O2/c1-12-5-3-8-16-20-14(11-23(12)16)10-19-18-21-17(22-25-18)13-6-4-7-15(9-13)24-2/h3-9,11H,10H2,1-2H3,(H,19,21,22). The lowest BCUT2D eigenvalue weighted by molar-refractivity contribution is 0.414. The molecule has 0 aliphatic rings. The van der Waals surface area contributed by atoms with E-state index in [2.05, 4.69) is 20.4 Å². The summed E-state index contributed by atoms with van der Waals surface area (Å²) < 4.78 is 12.5. The first-order valence-electron chi connectivity index (χ1n) is 7.88. The lowest BCUT2D eigenvalue weighted by Crippen LogP contribution is -1.99. The molecule has 3 aromatic heterocycles. The molecule has 0 fully saturated rings. The number of aryl methyl sites for hydroxylation is 1. The fourth-order valence-corrected chi connectivity index (χ4v) is 2.62. The van der Waals surface area contributed by atoms with E-state index in [9.17, 15) is 0 Å². The highest BCUT2D eigenvalue weighted by Gasteiger charge is 2.10. The van der Waals surface area contributed by atoms with Gasteiger partial charge < -0.3 is 19.0 Å². The fraction of sp³-hybridized carbons (Fsp3) is 0.167. The van der Waals surface area contributed by atoms with Crippen LogP contribution in [0, 0.1) is 6.92 Å². The summed E-state index contributed by atoms with van der Waals surface area (Å²) in [6.07, 6.45) is 2.00. The van der Waals surface area contributed by atoms with Crippen molar-refractivity contribution in [2.45, 2.75) is 13.5 Å². The number of ether oxygens (including phenoxy) is 1. The Hall–Kier alpha value is -3.35. The summed E-state index contributed by atoms with van der Waals surface area (Å²) in [4.78, 5) is 8.93. The molecule has 0 spiro atoms. The first-order chi connectivity index (χ1) is 12.2. The molecule has 1 aromatic carbocycles. The Kier molecular flexibility index (Phi) is 3.81. The normalized spacial score (nSPS) is 11.0. The molecule has 0 aliphatic heterocycles. The third kappa shape index (κ3) is 3.03. The van der Waals surface area contributed by atoms with Crippen LogP contribution in [0.4, 0.5) is 6.01 Å². The lowest BCUT2D eigenvalue weighted by Gasteiger charge is -2.00. The summed E-state index contributed by atoms with van der Waals surface area (Å²) in [6, 6.07) is 13.9. The molecule has 0 saturated carbocycles. The van der Waals surface area contributed by atoms with Crippen LogP contribution in [0.3, 0.4) is 0 Å². The van der Waals surface area contributed by atoms with Gasteiger partial charge in [0.2, 0.25) is 5.82 Å². The minimum absolute atomic E-state index is 0.353. The van der Waals surface area contributed by atoms with Gasteiger partial charge in [-0.15, -0.1) is 0 Å². The molecular weight excluding hydrogens is 318 g/mol. The summed E-state index contributed by atoms with van der Waals surface area (Å²) in [5, 5.41) is 7.11. The summed E-state index contributed by atoms with van der Waals surface area (Å²) >= 11 is 0. The van der Waals surface area contributed by atoms with Crippen molar-refractivity contribution in [2.24, 2.45) is 0 Å². The Morgan fingerprint density at radius 3 is 2.88 bits per heavy atom. The number of pyridine rings is 1. The zero-order chi connectivity index (χ0) is 17.2. The molecule has 0 saturated heterocycles. The number of hydrogen-bond donors (Lipinski definition) is 1. The summed E-state index contributed by atoms with van der Waals surface area (Å²) in [5.41, 5.74) is 3.78. The Bertz CT molecular complexity index is 1020. The Morgan fingerprint density at radius 1 is 1.16 bits per heavy atom. The second-order valence-electron chi connectivity index (χ2n) is 5.64. The van der Waals surface area contributed by atoms with Gasteiger partial charge in [-0.05, 0) is 31.2 Å². The number of benzene rings is 1. The van der Waals surface area contributed by atoms with E-state index in [1.165, 1.54) is 0 Å².